The summed E-state index contributed by atoms with van der Waals surface area (Å²) >= 11 is 0.338. The molecule has 10 aromatic rings. The summed E-state index contributed by atoms with van der Waals surface area (Å²) in [4.78, 5) is 2.43. The maximum absolute atomic E-state index is 2.43. The zero-order valence-corrected chi connectivity index (χ0v) is 28.3. The number of fused-ring (bicyclic) bond motifs is 7. The maximum atomic E-state index is 2.43. The normalized spacial score (nSPS) is 11.7. The summed E-state index contributed by atoms with van der Waals surface area (Å²) in [6.07, 6.45) is 0. The first-order valence-corrected chi connectivity index (χ1v) is 18.4. The molecule has 0 aliphatic rings. The standard InChI is InChI=1S/C46H30N2Se/c1-2-13-34(14-3-1)48-43-18-8-6-16-38(43)40-29-33(23-27-44(40)48)31-21-24-35(25-22-31)47(42-19-10-12-32-11-4-5-15-37(32)42)36-26-28-46-41(30-36)39-17-7-9-20-45(39)49-46/h1-30H. The van der Waals surface area contributed by atoms with Crippen LogP contribution in [0.3, 0.4) is 0 Å². The predicted molar refractivity (Wildman–Crippen MR) is 210 cm³/mol. The van der Waals surface area contributed by atoms with E-state index in [0.29, 0.717) is 14.5 Å². The first kappa shape index (κ1) is 28.2. The number of rotatable bonds is 5. The van der Waals surface area contributed by atoms with Crippen molar-refractivity contribution < 1.29 is 0 Å². The van der Waals surface area contributed by atoms with Gasteiger partial charge in [-0.2, -0.15) is 0 Å². The molecule has 10 rings (SSSR count). The molecule has 0 fully saturated rings. The van der Waals surface area contributed by atoms with Crippen LogP contribution in [0.1, 0.15) is 0 Å². The number of para-hydroxylation sites is 2. The van der Waals surface area contributed by atoms with Crippen LogP contribution in [0.25, 0.3) is 68.7 Å². The van der Waals surface area contributed by atoms with E-state index < -0.39 is 0 Å². The van der Waals surface area contributed by atoms with Crippen molar-refractivity contribution in [1.82, 2.24) is 4.57 Å². The monoisotopic (exact) mass is 690 g/mol. The van der Waals surface area contributed by atoms with Gasteiger partial charge in [0.05, 0.1) is 11.0 Å². The molecule has 2 heterocycles. The second-order valence-corrected chi connectivity index (χ2v) is 14.9. The van der Waals surface area contributed by atoms with Crippen LogP contribution in [-0.4, -0.2) is 19.1 Å². The molecule has 0 aliphatic carbocycles. The van der Waals surface area contributed by atoms with Gasteiger partial charge in [0, 0.05) is 11.1 Å². The molecule has 230 valence electrons. The molecule has 2 aromatic heterocycles. The number of hydrogen-bond acceptors (Lipinski definition) is 1. The minimum Gasteiger partial charge on any atom is -0.0602 e. The zero-order chi connectivity index (χ0) is 32.3. The Morgan fingerprint density at radius 1 is 0.388 bits per heavy atom. The van der Waals surface area contributed by atoms with Crippen LogP contribution in [0.4, 0.5) is 17.1 Å². The number of benzene rings is 8. The molecular weight excluding hydrogens is 659 g/mol. The second kappa shape index (κ2) is 11.4. The Morgan fingerprint density at radius 3 is 1.92 bits per heavy atom. The van der Waals surface area contributed by atoms with Crippen LogP contribution in [0.15, 0.2) is 182 Å². The van der Waals surface area contributed by atoms with Gasteiger partial charge in [-0.15, -0.1) is 0 Å². The fourth-order valence-electron chi connectivity index (χ4n) is 7.49. The van der Waals surface area contributed by atoms with E-state index in [9.17, 15) is 0 Å². The summed E-state index contributed by atoms with van der Waals surface area (Å²) in [5.41, 5.74) is 9.51. The quantitative estimate of drug-likeness (QED) is 0.163. The zero-order valence-electron chi connectivity index (χ0n) is 26.6. The van der Waals surface area contributed by atoms with Crippen LogP contribution < -0.4 is 4.90 Å². The topological polar surface area (TPSA) is 8.17 Å². The van der Waals surface area contributed by atoms with Crippen molar-refractivity contribution in [2.45, 2.75) is 0 Å². The van der Waals surface area contributed by atoms with Gasteiger partial charge in [0.25, 0.3) is 0 Å². The molecular formula is C46H30N2Se. The average Bonchev–Trinajstić information content (AvgIpc) is 3.71. The van der Waals surface area contributed by atoms with E-state index >= 15 is 0 Å². The van der Waals surface area contributed by atoms with E-state index in [1.54, 1.807) is 0 Å². The van der Waals surface area contributed by atoms with E-state index in [-0.39, 0.29) is 0 Å². The first-order chi connectivity index (χ1) is 24.3. The third kappa shape index (κ3) is 4.63. The second-order valence-electron chi connectivity index (χ2n) is 12.6. The van der Waals surface area contributed by atoms with Crippen molar-refractivity contribution >= 4 is 83.4 Å². The van der Waals surface area contributed by atoms with Crippen molar-refractivity contribution in [2.75, 3.05) is 4.90 Å². The Hall–Kier alpha value is -5.86. The minimum absolute atomic E-state index is 0.338. The molecule has 0 radical (unpaired) electrons. The van der Waals surface area contributed by atoms with Crippen LogP contribution in [-0.2, 0) is 0 Å². The average molecular weight is 690 g/mol. The van der Waals surface area contributed by atoms with E-state index in [1.807, 2.05) is 0 Å². The molecule has 0 atom stereocenters. The van der Waals surface area contributed by atoms with Crippen LogP contribution in [0.5, 0.6) is 0 Å². The van der Waals surface area contributed by atoms with Crippen molar-refractivity contribution in [3.8, 4) is 16.8 Å². The summed E-state index contributed by atoms with van der Waals surface area (Å²) < 4.78 is 5.29. The van der Waals surface area contributed by atoms with Crippen LogP contribution in [0.2, 0.25) is 0 Å². The minimum atomic E-state index is 0.338. The smallest absolute Gasteiger partial charge is 0.0602 e. The van der Waals surface area contributed by atoms with E-state index in [4.69, 9.17) is 0 Å². The number of anilines is 3. The Balaban J connectivity index is 1.12. The van der Waals surface area contributed by atoms with Gasteiger partial charge in [-0.25, -0.2) is 0 Å². The van der Waals surface area contributed by atoms with E-state index in [1.165, 1.54) is 80.1 Å². The molecule has 8 aromatic carbocycles. The van der Waals surface area contributed by atoms with Gasteiger partial charge in [0.1, 0.15) is 0 Å². The van der Waals surface area contributed by atoms with Gasteiger partial charge >= 0.3 is 210 Å². The van der Waals surface area contributed by atoms with Gasteiger partial charge in [-0.1, -0.05) is 36.4 Å². The molecule has 0 unspecified atom stereocenters. The molecule has 49 heavy (non-hydrogen) atoms. The fraction of sp³-hybridized carbons (Fsp3) is 0. The predicted octanol–water partition coefficient (Wildman–Crippen LogP) is 12.4. The molecule has 0 spiro atoms. The van der Waals surface area contributed by atoms with Gasteiger partial charge < -0.3 is 4.57 Å². The van der Waals surface area contributed by atoms with Gasteiger partial charge in [0.15, 0.2) is 0 Å². The summed E-state index contributed by atoms with van der Waals surface area (Å²) in [7, 11) is 0. The Bertz CT molecular complexity index is 2820. The number of hydrogen-bond donors (Lipinski definition) is 0. The van der Waals surface area contributed by atoms with E-state index in [2.05, 4.69) is 191 Å². The molecule has 0 bridgehead atoms. The summed E-state index contributed by atoms with van der Waals surface area (Å²) in [6, 6.07) is 66.6. The molecule has 0 saturated heterocycles. The van der Waals surface area contributed by atoms with Crippen molar-refractivity contribution in [3.63, 3.8) is 0 Å². The fourth-order valence-corrected chi connectivity index (χ4v) is 9.77. The van der Waals surface area contributed by atoms with Gasteiger partial charge in [-0.05, 0) is 18.2 Å². The molecule has 0 N–H and O–H groups in total. The Labute approximate surface area is 290 Å². The molecule has 0 amide bonds. The van der Waals surface area contributed by atoms with Crippen LogP contribution >= 0.6 is 0 Å². The van der Waals surface area contributed by atoms with Gasteiger partial charge in [-0.3, -0.25) is 0 Å². The number of nitrogens with zero attached hydrogens (tertiary/aromatic N) is 2. The van der Waals surface area contributed by atoms with Crippen molar-refractivity contribution in [1.29, 1.82) is 0 Å². The summed E-state index contributed by atoms with van der Waals surface area (Å²) in [5.74, 6) is 0. The van der Waals surface area contributed by atoms with Crippen molar-refractivity contribution in [3.05, 3.63) is 182 Å². The first-order valence-electron chi connectivity index (χ1n) is 16.7. The number of aromatic nitrogens is 1. The Morgan fingerprint density at radius 2 is 1.04 bits per heavy atom. The molecule has 3 heteroatoms. The Kier molecular flexibility index (Phi) is 6.55. The summed E-state index contributed by atoms with van der Waals surface area (Å²) in [5, 5.41) is 7.73. The van der Waals surface area contributed by atoms with Gasteiger partial charge in [0.2, 0.25) is 0 Å². The summed E-state index contributed by atoms with van der Waals surface area (Å²) in [6.45, 7) is 0. The SMILES string of the molecule is c1ccc(-n2c3ccccc3c3cc(-c4ccc(N(c5ccc6[se]c7ccccc7c6c5)c5cccc6ccccc56)cc4)ccc32)cc1. The third-order valence-corrected chi connectivity index (χ3v) is 12.2. The van der Waals surface area contributed by atoms with Crippen LogP contribution in [0, 0.1) is 0 Å². The molecule has 0 aliphatic heterocycles. The van der Waals surface area contributed by atoms with E-state index in [0.717, 1.165) is 5.69 Å². The molecule has 2 nitrogen and oxygen atoms in total. The third-order valence-electron chi connectivity index (χ3n) is 9.77. The van der Waals surface area contributed by atoms with Crippen molar-refractivity contribution in [2.24, 2.45) is 0 Å². The molecule has 0 saturated carbocycles.